The summed E-state index contributed by atoms with van der Waals surface area (Å²) in [5.74, 6) is 0.825. The molecule has 3 aromatic rings. The number of fused-ring (bicyclic) bond motifs is 1. The fourth-order valence-electron chi connectivity index (χ4n) is 1.80. The van der Waals surface area contributed by atoms with Crippen molar-refractivity contribution in [2.24, 2.45) is 0 Å². The number of nitrogen functional groups attached to an aromatic ring is 2. The number of anilines is 2. The number of hydrogen-bond acceptors (Lipinski definition) is 3. The summed E-state index contributed by atoms with van der Waals surface area (Å²) in [7, 11) is 0. The first kappa shape index (κ1) is 18.4. The Hall–Kier alpha value is -1.62. The first-order valence-corrected chi connectivity index (χ1v) is 5.33. The molecule has 1 heterocycles. The number of aromatic nitrogens is 2. The summed E-state index contributed by atoms with van der Waals surface area (Å²) in [6, 6.07) is 13.2. The lowest BCUT2D eigenvalue weighted by Gasteiger charge is -1.96. The summed E-state index contributed by atoms with van der Waals surface area (Å²) >= 11 is 0. The molecule has 108 valence electrons. The fourth-order valence-corrected chi connectivity index (χ4v) is 1.80. The molecule has 0 unspecified atom stereocenters. The second-order valence-corrected chi connectivity index (χ2v) is 3.98. The van der Waals surface area contributed by atoms with Gasteiger partial charge in [0.25, 0.3) is 0 Å². The predicted molar refractivity (Wildman–Crippen MR) is 70.4 cm³/mol. The van der Waals surface area contributed by atoms with E-state index in [1.54, 1.807) is 0 Å². The highest BCUT2D eigenvalue weighted by Gasteiger charge is 2.04. The summed E-state index contributed by atoms with van der Waals surface area (Å²) < 4.78 is 0. The van der Waals surface area contributed by atoms with Crippen molar-refractivity contribution in [1.82, 2.24) is 9.97 Å². The Labute approximate surface area is 135 Å². The molecule has 0 aliphatic heterocycles. The monoisotopic (exact) mass is 329 g/mol. The molecule has 2 aromatic carbocycles. The van der Waals surface area contributed by atoms with Crippen molar-refractivity contribution in [3.05, 3.63) is 42.5 Å². The minimum Gasteiger partial charge on any atom is -1.00 e. The maximum absolute atomic E-state index is 5.73. The molecule has 0 radical (unpaired) electrons. The van der Waals surface area contributed by atoms with Gasteiger partial charge in [0.05, 0.1) is 11.0 Å². The van der Waals surface area contributed by atoms with Crippen LogP contribution in [0.1, 0.15) is 0 Å². The third kappa shape index (κ3) is 3.48. The molecular weight excluding hydrogens is 319 g/mol. The smallest absolute Gasteiger partial charge is 0.138 e. The molecule has 0 aliphatic rings. The van der Waals surface area contributed by atoms with Crippen LogP contribution in [0.2, 0.25) is 0 Å². The Bertz CT molecular complexity index is 680. The highest BCUT2D eigenvalue weighted by molar-refractivity contribution is 5.82. The molecule has 3 rings (SSSR count). The van der Waals surface area contributed by atoms with Gasteiger partial charge in [-0.05, 0) is 42.5 Å². The summed E-state index contributed by atoms with van der Waals surface area (Å²) in [6.07, 6.45) is 0. The third-order valence-electron chi connectivity index (χ3n) is 2.69. The van der Waals surface area contributed by atoms with Crippen LogP contribution in [0.15, 0.2) is 42.5 Å². The Morgan fingerprint density at radius 1 is 0.800 bits per heavy atom. The van der Waals surface area contributed by atoms with Gasteiger partial charge >= 0.3 is 0 Å². The quantitative estimate of drug-likeness (QED) is 0.388. The van der Waals surface area contributed by atoms with E-state index in [9.17, 15) is 0 Å². The number of nitrogens with two attached hydrogens (primary N) is 2. The van der Waals surface area contributed by atoms with Crippen molar-refractivity contribution in [1.29, 1.82) is 0 Å². The number of aromatic amines is 1. The van der Waals surface area contributed by atoms with Crippen molar-refractivity contribution in [2.75, 3.05) is 11.5 Å². The van der Waals surface area contributed by atoms with E-state index in [0.717, 1.165) is 33.8 Å². The summed E-state index contributed by atoms with van der Waals surface area (Å²) in [5, 5.41) is 0. The number of rotatable bonds is 1. The average Bonchev–Trinajstić information content (AvgIpc) is 2.72. The van der Waals surface area contributed by atoms with Crippen molar-refractivity contribution in [2.45, 2.75) is 0 Å². The number of benzene rings is 2. The number of nitrogens with zero attached hydrogens (tertiary/aromatic N) is 1. The minimum absolute atomic E-state index is 0. The Morgan fingerprint density at radius 3 is 2.05 bits per heavy atom. The second kappa shape index (κ2) is 7.24. The Morgan fingerprint density at radius 2 is 1.40 bits per heavy atom. The predicted octanol–water partition coefficient (Wildman–Crippen LogP) is -6.59. The van der Waals surface area contributed by atoms with E-state index in [4.69, 9.17) is 11.5 Å². The van der Waals surface area contributed by atoms with E-state index in [1.807, 2.05) is 42.5 Å². The van der Waals surface area contributed by atoms with E-state index in [-0.39, 0.29) is 37.2 Å². The number of H-pyrrole nitrogens is 1. The molecule has 0 atom stereocenters. The molecule has 1 aromatic heterocycles. The van der Waals surface area contributed by atoms with Gasteiger partial charge in [-0.2, -0.15) is 0 Å². The number of halogens is 3. The molecular formula is C13H12Cl3N4-3. The van der Waals surface area contributed by atoms with Crippen LogP contribution in [0.4, 0.5) is 11.4 Å². The zero-order valence-electron chi connectivity index (χ0n) is 10.3. The van der Waals surface area contributed by atoms with Crippen LogP contribution in [0.3, 0.4) is 0 Å². The van der Waals surface area contributed by atoms with Crippen molar-refractivity contribution in [3.8, 4) is 11.4 Å². The van der Waals surface area contributed by atoms with Crippen LogP contribution in [-0.4, -0.2) is 9.97 Å². The van der Waals surface area contributed by atoms with Gasteiger partial charge in [0.2, 0.25) is 0 Å². The molecule has 0 aliphatic carbocycles. The Kier molecular flexibility index (Phi) is 6.65. The van der Waals surface area contributed by atoms with Crippen LogP contribution in [0.25, 0.3) is 22.4 Å². The fraction of sp³-hybridized carbons (Fsp3) is 0. The third-order valence-corrected chi connectivity index (χ3v) is 2.69. The molecule has 4 nitrogen and oxygen atoms in total. The van der Waals surface area contributed by atoms with Crippen LogP contribution in [0.5, 0.6) is 0 Å². The maximum atomic E-state index is 5.73. The van der Waals surface area contributed by atoms with E-state index in [1.165, 1.54) is 0 Å². The van der Waals surface area contributed by atoms with Crippen molar-refractivity contribution >= 4 is 22.4 Å². The molecule has 0 bridgehead atoms. The zero-order valence-corrected chi connectivity index (χ0v) is 12.5. The molecule has 20 heavy (non-hydrogen) atoms. The Balaban J connectivity index is 0.00000120. The highest BCUT2D eigenvalue weighted by Crippen LogP contribution is 2.22. The maximum Gasteiger partial charge on any atom is 0.138 e. The van der Waals surface area contributed by atoms with Crippen LogP contribution < -0.4 is 48.7 Å². The lowest BCUT2D eigenvalue weighted by Crippen LogP contribution is -3.00. The van der Waals surface area contributed by atoms with Crippen LogP contribution >= 0.6 is 0 Å². The van der Waals surface area contributed by atoms with Crippen molar-refractivity contribution in [3.63, 3.8) is 0 Å². The molecule has 0 amide bonds. The summed E-state index contributed by atoms with van der Waals surface area (Å²) in [5.41, 5.74) is 15.7. The van der Waals surface area contributed by atoms with Gasteiger partial charge in [-0.15, -0.1) is 0 Å². The first-order valence-electron chi connectivity index (χ1n) is 5.33. The highest BCUT2D eigenvalue weighted by atomic mass is 35.5. The first-order chi connectivity index (χ1) is 8.22. The molecule has 0 saturated heterocycles. The van der Waals surface area contributed by atoms with Gasteiger partial charge in [-0.25, -0.2) is 4.98 Å². The standard InChI is InChI=1S/C13H12N4.3ClH/c14-9-3-1-8(2-4-9)13-16-11-6-5-10(15)7-12(11)17-13;;;/h1-7H,14-15H2,(H,16,17);3*1H/p-3. The van der Waals surface area contributed by atoms with Crippen molar-refractivity contribution < 1.29 is 37.2 Å². The number of imidazole rings is 1. The molecule has 0 spiro atoms. The zero-order chi connectivity index (χ0) is 11.8. The molecule has 5 N–H and O–H groups in total. The average molecular weight is 331 g/mol. The topological polar surface area (TPSA) is 80.7 Å². The van der Waals surface area contributed by atoms with E-state index >= 15 is 0 Å². The van der Waals surface area contributed by atoms with Crippen LogP contribution in [-0.2, 0) is 0 Å². The summed E-state index contributed by atoms with van der Waals surface area (Å²) in [6.45, 7) is 0. The van der Waals surface area contributed by atoms with Gasteiger partial charge in [0, 0.05) is 16.9 Å². The van der Waals surface area contributed by atoms with Crippen LogP contribution in [0, 0.1) is 0 Å². The van der Waals surface area contributed by atoms with Gasteiger partial charge in [0.1, 0.15) is 5.82 Å². The van der Waals surface area contributed by atoms with E-state index in [2.05, 4.69) is 9.97 Å². The van der Waals surface area contributed by atoms with E-state index < -0.39 is 0 Å². The minimum atomic E-state index is 0. The largest absolute Gasteiger partial charge is 1.00 e. The van der Waals surface area contributed by atoms with Gasteiger partial charge in [0.15, 0.2) is 0 Å². The lowest BCUT2D eigenvalue weighted by molar-refractivity contribution is -0.00100. The number of hydrogen-bond donors (Lipinski definition) is 3. The molecule has 0 fully saturated rings. The summed E-state index contributed by atoms with van der Waals surface area (Å²) in [4.78, 5) is 7.74. The normalized spacial score (nSPS) is 9.20. The second-order valence-electron chi connectivity index (χ2n) is 3.98. The van der Waals surface area contributed by atoms with Gasteiger partial charge < -0.3 is 53.7 Å². The number of nitrogens with one attached hydrogen (secondary N) is 1. The van der Waals surface area contributed by atoms with Gasteiger partial charge in [-0.1, -0.05) is 0 Å². The van der Waals surface area contributed by atoms with Gasteiger partial charge in [-0.3, -0.25) is 0 Å². The molecule has 0 saturated carbocycles. The SMILES string of the molecule is Nc1ccc(-c2nc3ccc(N)cc3[nH]2)cc1.[Cl-].[Cl-].[Cl-]. The lowest BCUT2D eigenvalue weighted by atomic mass is 10.2. The van der Waals surface area contributed by atoms with E-state index in [0.29, 0.717) is 0 Å². The molecule has 7 heteroatoms.